The molecule has 0 bridgehead atoms. The Bertz CT molecular complexity index is 3830. The van der Waals surface area contributed by atoms with Crippen LogP contribution in [0, 0.1) is 17.2 Å². The lowest BCUT2D eigenvalue weighted by Gasteiger charge is -2.32. The molecule has 6 aromatic rings. The van der Waals surface area contributed by atoms with Crippen LogP contribution in [0.5, 0.6) is 0 Å². The van der Waals surface area contributed by atoms with E-state index in [0.29, 0.717) is 194 Å². The maximum absolute atomic E-state index is 16.0. The summed E-state index contributed by atoms with van der Waals surface area (Å²) < 4.78 is 98.9. The van der Waals surface area contributed by atoms with Crippen molar-refractivity contribution >= 4 is 68.9 Å². The van der Waals surface area contributed by atoms with Gasteiger partial charge in [-0.25, -0.2) is 13.2 Å². The number of nitrogens with zero attached hydrogens (tertiary/aromatic N) is 10. The average Bonchev–Trinajstić information content (AvgIpc) is 1.51. The summed E-state index contributed by atoms with van der Waals surface area (Å²) in [6, 6.07) is 8.64. The summed E-state index contributed by atoms with van der Waals surface area (Å²) in [4.78, 5) is 94.5. The number of amides is 6. The molecule has 4 aromatic heterocycles. The van der Waals surface area contributed by atoms with Crippen molar-refractivity contribution in [1.82, 2.24) is 64.9 Å². The van der Waals surface area contributed by atoms with Crippen molar-refractivity contribution < 1.29 is 89.4 Å². The molecule has 4 aliphatic rings. The fourth-order valence-electron chi connectivity index (χ4n) is 13.2. The molecule has 6 amide bonds. The number of hydrogen-bond donors (Lipinski definition) is 4. The summed E-state index contributed by atoms with van der Waals surface area (Å²) in [7, 11) is 4.45. The van der Waals surface area contributed by atoms with Crippen LogP contribution in [-0.4, -0.2) is 267 Å². The minimum atomic E-state index is -2.75. The van der Waals surface area contributed by atoms with Crippen LogP contribution in [0.15, 0.2) is 48.9 Å². The second kappa shape index (κ2) is 36.6. The maximum atomic E-state index is 16.0. The van der Waals surface area contributed by atoms with Crippen LogP contribution < -0.4 is 16.0 Å². The molecule has 30 nitrogen and oxygen atoms in total. The van der Waals surface area contributed by atoms with Crippen molar-refractivity contribution in [2.75, 3.05) is 171 Å². The summed E-state index contributed by atoms with van der Waals surface area (Å²) in [6.07, 6.45) is 7.92. The fraction of sp³-hybridized carbons (Fsp3) is 0.609. The molecule has 1 saturated carbocycles. The molecule has 2 aliphatic heterocycles. The van der Waals surface area contributed by atoms with E-state index < -0.39 is 46.8 Å². The predicted molar refractivity (Wildman–Crippen MR) is 362 cm³/mol. The van der Waals surface area contributed by atoms with Crippen LogP contribution in [0.4, 0.5) is 18.9 Å². The largest absolute Gasteiger partial charge is 0.468 e. The number of piperidine rings is 2. The second-order valence-corrected chi connectivity index (χ2v) is 25.9. The number of alkyl halides is 2. The minimum Gasteiger partial charge on any atom is -0.468 e. The molecule has 4 N–H and O–H groups in total. The predicted octanol–water partition coefficient (Wildman–Crippen LogP) is 4.01. The minimum absolute atomic E-state index is 0.0109. The molecular formula is C69H93F3N14O16. The highest BCUT2D eigenvalue weighted by Gasteiger charge is 2.78. The summed E-state index contributed by atoms with van der Waals surface area (Å²) in [5, 5.41) is 30.0. The van der Waals surface area contributed by atoms with Gasteiger partial charge in [0.15, 0.2) is 5.69 Å². The van der Waals surface area contributed by atoms with Gasteiger partial charge >= 0.3 is 5.97 Å². The van der Waals surface area contributed by atoms with Crippen LogP contribution in [0.2, 0.25) is 0 Å². The molecule has 556 valence electrons. The monoisotopic (exact) mass is 1430 g/mol. The molecule has 0 unspecified atom stereocenters. The molecule has 2 aromatic carbocycles. The second-order valence-electron chi connectivity index (χ2n) is 25.9. The number of ether oxygens (including phenoxy) is 9. The molecule has 102 heavy (non-hydrogen) atoms. The van der Waals surface area contributed by atoms with Crippen LogP contribution in [0.1, 0.15) is 91.3 Å². The number of aromatic nitrogens is 8. The number of hydrogen-bond acceptors (Lipinski definition) is 20. The number of H-pyrrole nitrogens is 1. The standard InChI is InChI=1S/C69H93F3N14O16/c1-68-39-54-52(38-57(68)69(68,71)72)66(79-78-54)67(93)77-48-41-76-85(43-48)49-12-18-84(19-13-49)61(90)14-20-95-22-24-97-26-28-99-30-32-101-34-35-102-33-31-100-29-27-98-25-23-96-21-15-73-58(87)8-9-60(89)83-16-10-46(11-17-83)65-64-50(51-37-56-47(36-53(51)70)40-75-82(56)3)6-5-7-55(64)86(80-65)45-62(91)81(2)44-59(88)74-42-63(92)94-4/h5-7,36-37,40-41,43,46,49,57H,8-35,38-39,42,44-45H2,1-4H3,(H,73,87)(H,74,88)(H,77,93)(H,78,79)/t57-,68+/m1/s1. The van der Waals surface area contributed by atoms with Gasteiger partial charge in [0.1, 0.15) is 18.9 Å². The first-order valence-corrected chi connectivity index (χ1v) is 34.8. The molecule has 10 rings (SSSR count). The van der Waals surface area contributed by atoms with E-state index in [1.165, 1.54) is 25.1 Å². The number of likely N-dealkylation sites (tertiary alicyclic amines) is 2. The highest BCUT2D eigenvalue weighted by Crippen LogP contribution is 2.70. The van der Waals surface area contributed by atoms with Crippen molar-refractivity contribution in [3.8, 4) is 11.1 Å². The van der Waals surface area contributed by atoms with Gasteiger partial charge in [0.05, 0.1) is 167 Å². The number of benzene rings is 2. The van der Waals surface area contributed by atoms with Crippen molar-refractivity contribution in [3.05, 3.63) is 77.4 Å². The fourth-order valence-corrected chi connectivity index (χ4v) is 13.2. The summed E-state index contributed by atoms with van der Waals surface area (Å²) >= 11 is 0. The first kappa shape index (κ1) is 76.2. The van der Waals surface area contributed by atoms with E-state index in [2.05, 4.69) is 41.1 Å². The molecule has 33 heteroatoms. The van der Waals surface area contributed by atoms with E-state index in [-0.39, 0.29) is 107 Å². The van der Waals surface area contributed by atoms with E-state index in [9.17, 15) is 42.3 Å². The Kier molecular flexibility index (Phi) is 27.4. The van der Waals surface area contributed by atoms with E-state index >= 15 is 4.39 Å². The zero-order chi connectivity index (χ0) is 72.2. The van der Waals surface area contributed by atoms with Gasteiger partial charge in [0.25, 0.3) is 11.8 Å². The van der Waals surface area contributed by atoms with Crippen molar-refractivity contribution in [2.45, 2.75) is 89.1 Å². The quantitative estimate of drug-likeness (QED) is 0.0311. The number of anilines is 1. The van der Waals surface area contributed by atoms with E-state index in [4.69, 9.17) is 43.0 Å². The molecule has 2 aliphatic carbocycles. The number of likely N-dealkylation sites (N-methyl/N-ethyl adjacent to an activating group) is 1. The third-order valence-electron chi connectivity index (χ3n) is 19.2. The summed E-state index contributed by atoms with van der Waals surface area (Å²) in [5.41, 5.74) is 3.57. The van der Waals surface area contributed by atoms with Gasteiger partial charge in [0, 0.05) is 117 Å². The average molecular weight is 1430 g/mol. The van der Waals surface area contributed by atoms with Crippen molar-refractivity contribution in [2.24, 2.45) is 18.4 Å². The first-order valence-electron chi connectivity index (χ1n) is 34.8. The number of nitrogens with one attached hydrogen (secondary N) is 4. The van der Waals surface area contributed by atoms with Gasteiger partial charge in [-0.3, -0.25) is 52.7 Å². The number of fused-ring (bicyclic) bond motifs is 4. The lowest BCUT2D eigenvalue weighted by Crippen LogP contribution is -2.41. The third-order valence-corrected chi connectivity index (χ3v) is 19.2. The number of aromatic amines is 1. The summed E-state index contributed by atoms with van der Waals surface area (Å²) in [6.45, 7) is 8.83. The maximum Gasteiger partial charge on any atom is 0.325 e. The highest BCUT2D eigenvalue weighted by atomic mass is 19.3. The number of esters is 1. The molecule has 0 radical (unpaired) electrons. The normalized spacial score (nSPS) is 17.4. The van der Waals surface area contributed by atoms with Gasteiger partial charge in [-0.05, 0) is 55.9 Å². The number of aryl methyl sites for hydroxylation is 1. The topological polar surface area (TPSA) is 331 Å². The SMILES string of the molecule is COC(=O)CNC(=O)CN(C)C(=O)Cn1nc(C2CCN(C(=O)CCC(=O)NCCOCCOCCOCCOCCOCCOCCOCCOCCC(=O)N3CCC(n4cc(NC(=O)c5n[nH]c6c5C[C@H]5C(F)(F)[C@@]5(C)C6)cn4)CC3)CC2)c2c(-c3cc4c(cnn4C)cc3F)cccc21. The van der Waals surface area contributed by atoms with Crippen LogP contribution in [0.25, 0.3) is 32.9 Å². The lowest BCUT2D eigenvalue weighted by atomic mass is 9.87. The van der Waals surface area contributed by atoms with Crippen LogP contribution in [-0.2, 0) is 97.8 Å². The Hall–Kier alpha value is -8.44. The summed E-state index contributed by atoms with van der Waals surface area (Å²) in [5.74, 6) is -6.63. The Morgan fingerprint density at radius 3 is 1.92 bits per heavy atom. The zero-order valence-corrected chi connectivity index (χ0v) is 58.3. The molecular weight excluding hydrogens is 1340 g/mol. The molecule has 6 heterocycles. The third kappa shape index (κ3) is 19.8. The number of halogens is 3. The zero-order valence-electron chi connectivity index (χ0n) is 58.3. The molecule has 0 spiro atoms. The number of carbonyl (C=O) groups excluding carboxylic acids is 7. The van der Waals surface area contributed by atoms with Gasteiger partial charge in [0.2, 0.25) is 29.5 Å². The van der Waals surface area contributed by atoms with Gasteiger partial charge in [-0.2, -0.15) is 20.4 Å². The Labute approximate surface area is 588 Å². The number of methoxy groups -OCH3 is 1. The number of carbonyl (C=O) groups is 7. The Morgan fingerprint density at radius 2 is 1.29 bits per heavy atom. The van der Waals surface area contributed by atoms with Gasteiger partial charge in [-0.1, -0.05) is 19.1 Å². The molecule has 2 saturated heterocycles. The Morgan fingerprint density at radius 1 is 0.696 bits per heavy atom. The van der Waals surface area contributed by atoms with E-state index in [1.54, 1.807) is 63.6 Å². The molecule has 2 atom stereocenters. The van der Waals surface area contributed by atoms with Crippen molar-refractivity contribution in [3.63, 3.8) is 0 Å². The van der Waals surface area contributed by atoms with Crippen LogP contribution >= 0.6 is 0 Å². The van der Waals surface area contributed by atoms with Crippen LogP contribution in [0.3, 0.4) is 0 Å². The highest BCUT2D eigenvalue weighted by molar-refractivity contribution is 6.04. The first-order chi connectivity index (χ1) is 49.3. The smallest absolute Gasteiger partial charge is 0.325 e. The molecule has 3 fully saturated rings. The van der Waals surface area contributed by atoms with E-state index in [0.717, 1.165) is 5.52 Å². The van der Waals surface area contributed by atoms with E-state index in [1.807, 2.05) is 17.0 Å². The number of rotatable bonds is 41. The van der Waals surface area contributed by atoms with Crippen molar-refractivity contribution in [1.29, 1.82) is 0 Å². The van der Waals surface area contributed by atoms with Gasteiger partial charge < -0.3 is 73.3 Å². The Balaban J connectivity index is 0.487. The lowest BCUT2D eigenvalue weighted by molar-refractivity contribution is -0.141. The van der Waals surface area contributed by atoms with Gasteiger partial charge in [-0.15, -0.1) is 0 Å².